The lowest BCUT2D eigenvalue weighted by Gasteiger charge is -2.45. The summed E-state index contributed by atoms with van der Waals surface area (Å²) in [7, 11) is 1.91. The number of carbonyl (C=O) groups excluding carboxylic acids is 1. The number of hydrogen-bond donors (Lipinski definition) is 1. The highest BCUT2D eigenvalue weighted by atomic mass is 16.5. The standard InChI is InChI=1S/C33H31N7O2/c1-3-29(41)39-15-13-24(14-16-39)40-19-22(20-40)9-12-28-30(31-32(35)36-21-37-33(31)38(28)2)27-11-10-26(17-23(27)18-34)42-25-7-5-4-6-8-25/h3-8,10-11,17,21-22,24H,1,13-16,19-20H2,2H3,(H2,35,36,37). The third-order valence-corrected chi connectivity index (χ3v) is 8.13. The molecule has 0 unspecified atom stereocenters. The van der Waals surface area contributed by atoms with Crippen LogP contribution in [0, 0.1) is 29.1 Å². The summed E-state index contributed by atoms with van der Waals surface area (Å²) >= 11 is 0. The van der Waals surface area contributed by atoms with E-state index in [1.807, 2.05) is 59.0 Å². The fourth-order valence-corrected chi connectivity index (χ4v) is 5.86. The molecule has 2 aliphatic rings. The molecule has 0 atom stereocenters. The Morgan fingerprint density at radius 2 is 1.88 bits per heavy atom. The fraction of sp³-hybridized carbons (Fsp3) is 0.273. The lowest BCUT2D eigenvalue weighted by Crippen LogP contribution is -2.55. The van der Waals surface area contributed by atoms with Crippen molar-refractivity contribution in [2.24, 2.45) is 13.0 Å². The Hall–Kier alpha value is -5.12. The molecule has 6 rings (SSSR count). The molecule has 0 spiro atoms. The molecule has 2 saturated heterocycles. The zero-order valence-electron chi connectivity index (χ0n) is 23.5. The number of para-hydroxylation sites is 1. The number of likely N-dealkylation sites (tertiary alicyclic amines) is 2. The summed E-state index contributed by atoms with van der Waals surface area (Å²) < 4.78 is 7.91. The van der Waals surface area contributed by atoms with Crippen LogP contribution in [0.2, 0.25) is 0 Å². The van der Waals surface area contributed by atoms with Crippen LogP contribution in [0.1, 0.15) is 24.1 Å². The first-order chi connectivity index (χ1) is 20.5. The van der Waals surface area contributed by atoms with Gasteiger partial charge in [-0.05, 0) is 55.2 Å². The lowest BCUT2D eigenvalue weighted by molar-refractivity contribution is -0.127. The van der Waals surface area contributed by atoms with E-state index < -0.39 is 0 Å². The van der Waals surface area contributed by atoms with Crippen LogP contribution in [0.15, 0.2) is 67.5 Å². The normalized spacial score (nSPS) is 15.9. The number of nitrogens with two attached hydrogens (primary N) is 1. The maximum atomic E-state index is 11.9. The van der Waals surface area contributed by atoms with E-state index in [9.17, 15) is 10.1 Å². The average Bonchev–Trinajstić information content (AvgIpc) is 3.28. The molecule has 0 saturated carbocycles. The first kappa shape index (κ1) is 27.1. The minimum atomic E-state index is 0.00908. The first-order valence-corrected chi connectivity index (χ1v) is 14.0. The Morgan fingerprint density at radius 3 is 2.60 bits per heavy atom. The number of amides is 1. The van der Waals surface area contributed by atoms with Gasteiger partial charge < -0.3 is 19.9 Å². The van der Waals surface area contributed by atoms with Crippen LogP contribution < -0.4 is 10.5 Å². The predicted molar refractivity (Wildman–Crippen MR) is 161 cm³/mol. The Balaban J connectivity index is 1.28. The van der Waals surface area contributed by atoms with Gasteiger partial charge in [0.25, 0.3) is 0 Å². The molecular weight excluding hydrogens is 526 g/mol. The highest BCUT2D eigenvalue weighted by Gasteiger charge is 2.34. The van der Waals surface area contributed by atoms with E-state index in [2.05, 4.69) is 39.4 Å². The second-order valence-corrected chi connectivity index (χ2v) is 10.7. The van der Waals surface area contributed by atoms with Crippen molar-refractivity contribution in [3.63, 3.8) is 0 Å². The van der Waals surface area contributed by atoms with E-state index in [1.54, 1.807) is 6.07 Å². The molecular formula is C33H31N7O2. The Labute approximate surface area is 244 Å². The SMILES string of the molecule is C=CC(=O)N1CCC(N2CC(C#Cc3c(-c4ccc(Oc5ccccc5)cc4C#N)c4c(N)ncnc4n3C)C2)CC1. The largest absolute Gasteiger partial charge is 0.457 e. The number of aryl methyl sites for hydroxylation is 1. The third kappa shape index (κ3) is 5.07. The van der Waals surface area contributed by atoms with Crippen molar-refractivity contribution in [2.45, 2.75) is 18.9 Å². The van der Waals surface area contributed by atoms with Gasteiger partial charge in [0.15, 0.2) is 0 Å². The zero-order valence-corrected chi connectivity index (χ0v) is 23.5. The summed E-state index contributed by atoms with van der Waals surface area (Å²) in [4.78, 5) is 25.0. The number of carbonyl (C=O) groups is 1. The molecule has 9 nitrogen and oxygen atoms in total. The van der Waals surface area contributed by atoms with Crippen molar-refractivity contribution in [1.82, 2.24) is 24.3 Å². The van der Waals surface area contributed by atoms with E-state index in [4.69, 9.17) is 10.5 Å². The van der Waals surface area contributed by atoms with Crippen molar-refractivity contribution in [1.29, 1.82) is 5.26 Å². The van der Waals surface area contributed by atoms with Crippen LogP contribution in [-0.2, 0) is 11.8 Å². The van der Waals surface area contributed by atoms with Crippen LogP contribution in [0.25, 0.3) is 22.2 Å². The smallest absolute Gasteiger partial charge is 0.245 e. The number of hydrogen-bond acceptors (Lipinski definition) is 7. The molecule has 0 radical (unpaired) electrons. The molecule has 0 aliphatic carbocycles. The Bertz CT molecular complexity index is 1760. The van der Waals surface area contributed by atoms with Gasteiger partial charge >= 0.3 is 0 Å². The van der Waals surface area contributed by atoms with Crippen molar-refractivity contribution >= 4 is 22.8 Å². The van der Waals surface area contributed by atoms with Crippen molar-refractivity contribution in [3.05, 3.63) is 78.8 Å². The van der Waals surface area contributed by atoms with Crippen LogP contribution in [0.5, 0.6) is 11.5 Å². The monoisotopic (exact) mass is 557 g/mol. The predicted octanol–water partition coefficient (Wildman–Crippen LogP) is 4.34. The molecule has 1 amide bonds. The van der Waals surface area contributed by atoms with E-state index in [0.717, 1.165) is 50.3 Å². The second kappa shape index (κ2) is 11.4. The van der Waals surface area contributed by atoms with E-state index >= 15 is 0 Å². The second-order valence-electron chi connectivity index (χ2n) is 10.7. The number of aromatic nitrogens is 3. The van der Waals surface area contributed by atoms with Gasteiger partial charge in [-0.3, -0.25) is 9.69 Å². The molecule has 2 aromatic carbocycles. The van der Waals surface area contributed by atoms with Gasteiger partial charge in [0.2, 0.25) is 5.91 Å². The maximum Gasteiger partial charge on any atom is 0.245 e. The number of anilines is 1. The average molecular weight is 558 g/mol. The summed E-state index contributed by atoms with van der Waals surface area (Å²) in [6.07, 6.45) is 4.76. The quantitative estimate of drug-likeness (QED) is 0.287. The van der Waals surface area contributed by atoms with E-state index in [-0.39, 0.29) is 11.8 Å². The number of nitrogens with zero attached hydrogens (tertiary/aromatic N) is 6. The van der Waals surface area contributed by atoms with Crippen LogP contribution in [0.3, 0.4) is 0 Å². The number of fused-ring (bicyclic) bond motifs is 1. The molecule has 0 bridgehead atoms. The number of benzene rings is 2. The third-order valence-electron chi connectivity index (χ3n) is 8.13. The summed E-state index contributed by atoms with van der Waals surface area (Å²) in [6.45, 7) is 6.91. The molecule has 2 N–H and O–H groups in total. The van der Waals surface area contributed by atoms with E-state index in [1.165, 1.54) is 12.4 Å². The van der Waals surface area contributed by atoms with Crippen LogP contribution in [0.4, 0.5) is 5.82 Å². The number of piperidine rings is 1. The molecule has 4 aromatic rings. The van der Waals surface area contributed by atoms with Gasteiger partial charge in [0, 0.05) is 56.3 Å². The van der Waals surface area contributed by atoms with Crippen LogP contribution >= 0.6 is 0 Å². The Morgan fingerprint density at radius 1 is 1.12 bits per heavy atom. The molecule has 9 heteroatoms. The summed E-state index contributed by atoms with van der Waals surface area (Å²) in [5.41, 5.74) is 9.66. The lowest BCUT2D eigenvalue weighted by atomic mass is 9.93. The van der Waals surface area contributed by atoms with Gasteiger partial charge in [-0.25, -0.2) is 9.97 Å². The summed E-state index contributed by atoms with van der Waals surface area (Å²) in [5, 5.41) is 10.8. The molecule has 2 fully saturated rings. The maximum absolute atomic E-state index is 11.9. The van der Waals surface area contributed by atoms with Gasteiger partial charge in [-0.1, -0.05) is 30.7 Å². The Kier molecular flexibility index (Phi) is 7.35. The molecule has 2 aromatic heterocycles. The van der Waals surface area contributed by atoms with Crippen molar-refractivity contribution in [3.8, 4) is 40.5 Å². The van der Waals surface area contributed by atoms with Gasteiger partial charge in [-0.15, -0.1) is 0 Å². The van der Waals surface area contributed by atoms with E-state index in [0.29, 0.717) is 45.5 Å². The number of nitriles is 1. The van der Waals surface area contributed by atoms with Crippen LogP contribution in [-0.4, -0.2) is 62.5 Å². The van der Waals surface area contributed by atoms with Crippen molar-refractivity contribution < 1.29 is 9.53 Å². The van der Waals surface area contributed by atoms with Crippen molar-refractivity contribution in [2.75, 3.05) is 31.9 Å². The number of nitrogen functional groups attached to an aromatic ring is 1. The zero-order chi connectivity index (χ0) is 29.2. The fourth-order valence-electron chi connectivity index (χ4n) is 5.86. The topological polar surface area (TPSA) is 113 Å². The highest BCUT2D eigenvalue weighted by Crippen LogP contribution is 2.39. The summed E-state index contributed by atoms with van der Waals surface area (Å²) in [6, 6.07) is 17.7. The highest BCUT2D eigenvalue weighted by molar-refractivity contribution is 6.04. The first-order valence-electron chi connectivity index (χ1n) is 14.0. The minimum Gasteiger partial charge on any atom is -0.457 e. The van der Waals surface area contributed by atoms with Gasteiger partial charge in [0.05, 0.1) is 17.0 Å². The number of rotatable bonds is 5. The molecule has 210 valence electrons. The minimum absolute atomic E-state index is 0.00908. The summed E-state index contributed by atoms with van der Waals surface area (Å²) in [5.74, 6) is 8.71. The molecule has 2 aliphatic heterocycles. The molecule has 42 heavy (non-hydrogen) atoms. The number of ether oxygens (including phenoxy) is 1. The van der Waals surface area contributed by atoms with Gasteiger partial charge in [0.1, 0.15) is 35.0 Å². The van der Waals surface area contributed by atoms with Gasteiger partial charge in [-0.2, -0.15) is 5.26 Å². The molecule has 4 heterocycles.